The molecule has 3 atom stereocenters. The van der Waals surface area contributed by atoms with Gasteiger partial charge in [0.15, 0.2) is 0 Å². The molecule has 3 heterocycles. The van der Waals surface area contributed by atoms with Crippen molar-refractivity contribution in [3.05, 3.63) is 82.8 Å². The number of fused-ring (bicyclic) bond motifs is 6. The number of nitrogens with zero attached hydrogens (tertiary/aromatic N) is 1. The smallest absolute Gasteiger partial charge is 0.262 e. The van der Waals surface area contributed by atoms with E-state index < -0.39 is 23.7 Å². The summed E-state index contributed by atoms with van der Waals surface area (Å²) in [4.78, 5) is 41.2. The van der Waals surface area contributed by atoms with Crippen LogP contribution in [-0.4, -0.2) is 67.1 Å². The number of ether oxygens (including phenoxy) is 2. The minimum atomic E-state index is -0.991. The summed E-state index contributed by atoms with van der Waals surface area (Å²) in [6.45, 7) is 0.655. The molecule has 1 saturated heterocycles. The molecule has 3 amide bonds. The Labute approximate surface area is 241 Å². The average Bonchev–Trinajstić information content (AvgIpc) is 3.60. The van der Waals surface area contributed by atoms with Crippen molar-refractivity contribution < 1.29 is 28.2 Å². The molecule has 214 valence electrons. The molecule has 0 saturated carbocycles. The summed E-state index contributed by atoms with van der Waals surface area (Å²) in [7, 11) is 0. The number of nitrogens with one attached hydrogen (secondary N) is 2. The fourth-order valence-electron chi connectivity index (χ4n) is 4.81. The highest BCUT2D eigenvalue weighted by Crippen LogP contribution is 2.30. The molecule has 41 heavy (non-hydrogen) atoms. The van der Waals surface area contributed by atoms with Crippen molar-refractivity contribution in [3.8, 4) is 16.9 Å². The van der Waals surface area contributed by atoms with Gasteiger partial charge in [-0.25, -0.2) is 4.39 Å². The zero-order valence-corrected chi connectivity index (χ0v) is 23.1. The summed E-state index contributed by atoms with van der Waals surface area (Å²) in [6.07, 6.45) is 4.12. The molecule has 9 nitrogen and oxygen atoms in total. The standard InChI is InChI=1S/C30H31FN4O5S/c31-21-10-19-11-25(13-21)40-16-24-14-22(32)15-35(24)28(36)8-4-5-9-39-17-26(29(37)33-23-6-2-1-3-7-23)34-30(38)27-12-20(19)18-41-27/h1-7,10-13,18,22,24,26H,8-9,14-17,32H2,(H,33,37)(H,34,38)/b5-4-/t22-,24-,26-/m0/s1. The first-order valence-corrected chi connectivity index (χ1v) is 14.2. The van der Waals surface area contributed by atoms with Gasteiger partial charge in [0, 0.05) is 30.8 Å². The Morgan fingerprint density at radius 2 is 1.90 bits per heavy atom. The van der Waals surface area contributed by atoms with E-state index in [0.717, 1.165) is 0 Å². The highest BCUT2D eigenvalue weighted by Gasteiger charge is 2.33. The van der Waals surface area contributed by atoms with Crippen molar-refractivity contribution in [2.24, 2.45) is 5.73 Å². The molecule has 5 rings (SSSR count). The second-order valence-corrected chi connectivity index (χ2v) is 10.9. The van der Waals surface area contributed by atoms with Crippen LogP contribution in [0.25, 0.3) is 11.1 Å². The lowest BCUT2D eigenvalue weighted by Gasteiger charge is -2.24. The fourth-order valence-corrected chi connectivity index (χ4v) is 5.63. The van der Waals surface area contributed by atoms with Gasteiger partial charge in [0.1, 0.15) is 24.2 Å². The summed E-state index contributed by atoms with van der Waals surface area (Å²) in [5.41, 5.74) is 7.90. The number of carbonyl (C=O) groups is 3. The van der Waals surface area contributed by atoms with Gasteiger partial charge in [-0.2, -0.15) is 0 Å². The van der Waals surface area contributed by atoms with Crippen molar-refractivity contribution in [2.75, 3.05) is 31.7 Å². The third kappa shape index (κ3) is 7.37. The topological polar surface area (TPSA) is 123 Å². The van der Waals surface area contributed by atoms with E-state index in [1.54, 1.807) is 58.8 Å². The summed E-state index contributed by atoms with van der Waals surface area (Å²) < 4.78 is 26.2. The Morgan fingerprint density at radius 1 is 1.07 bits per heavy atom. The first kappa shape index (κ1) is 28.5. The van der Waals surface area contributed by atoms with Crippen LogP contribution in [0.4, 0.5) is 10.1 Å². The van der Waals surface area contributed by atoms with Gasteiger partial charge in [0.2, 0.25) is 11.8 Å². The van der Waals surface area contributed by atoms with E-state index in [2.05, 4.69) is 10.6 Å². The van der Waals surface area contributed by atoms with Crippen LogP contribution in [0.5, 0.6) is 5.75 Å². The van der Waals surface area contributed by atoms with Crippen LogP contribution >= 0.6 is 11.3 Å². The van der Waals surface area contributed by atoms with E-state index in [9.17, 15) is 18.8 Å². The minimum absolute atomic E-state index is 0.0887. The summed E-state index contributed by atoms with van der Waals surface area (Å²) in [6, 6.07) is 13.5. The highest BCUT2D eigenvalue weighted by molar-refractivity contribution is 7.12. The number of nitrogens with two attached hydrogens (primary N) is 1. The normalized spacial score (nSPS) is 22.7. The number of halogens is 1. The molecule has 3 aromatic rings. The predicted molar refractivity (Wildman–Crippen MR) is 154 cm³/mol. The Bertz CT molecular complexity index is 1430. The molecule has 1 fully saturated rings. The molecule has 0 aliphatic carbocycles. The quantitative estimate of drug-likeness (QED) is 0.400. The van der Waals surface area contributed by atoms with E-state index in [4.69, 9.17) is 15.2 Å². The maximum absolute atomic E-state index is 14.6. The molecule has 2 aliphatic heterocycles. The van der Waals surface area contributed by atoms with Crippen molar-refractivity contribution >= 4 is 34.7 Å². The zero-order chi connectivity index (χ0) is 28.8. The lowest BCUT2D eigenvalue weighted by atomic mass is 10.1. The van der Waals surface area contributed by atoms with Crippen molar-refractivity contribution in [3.63, 3.8) is 0 Å². The molecular formula is C30H31FN4O5S. The number of carbonyl (C=O) groups excluding carboxylic acids is 3. The number of hydrogen-bond acceptors (Lipinski definition) is 7. The molecule has 4 bridgehead atoms. The molecule has 2 aromatic carbocycles. The van der Waals surface area contributed by atoms with Crippen molar-refractivity contribution in [2.45, 2.75) is 31.0 Å². The Kier molecular flexibility index (Phi) is 9.07. The number of hydrogen-bond donors (Lipinski definition) is 3. The van der Waals surface area contributed by atoms with E-state index >= 15 is 0 Å². The summed E-state index contributed by atoms with van der Waals surface area (Å²) in [5, 5.41) is 7.28. The average molecular weight is 579 g/mol. The van der Waals surface area contributed by atoms with Gasteiger partial charge in [-0.05, 0) is 53.3 Å². The molecule has 2 aliphatic rings. The van der Waals surface area contributed by atoms with Gasteiger partial charge < -0.3 is 30.7 Å². The van der Waals surface area contributed by atoms with Crippen LogP contribution in [0.3, 0.4) is 0 Å². The lowest BCUT2D eigenvalue weighted by Crippen LogP contribution is -2.46. The molecule has 1 aromatic heterocycles. The van der Waals surface area contributed by atoms with Crippen molar-refractivity contribution in [1.29, 1.82) is 0 Å². The summed E-state index contributed by atoms with van der Waals surface area (Å²) in [5.74, 6) is -1.18. The van der Waals surface area contributed by atoms with Crippen LogP contribution in [-0.2, 0) is 14.3 Å². The molecule has 0 radical (unpaired) electrons. The molecule has 11 heteroatoms. The maximum atomic E-state index is 14.6. The lowest BCUT2D eigenvalue weighted by molar-refractivity contribution is -0.131. The number of amides is 3. The first-order chi connectivity index (χ1) is 19.9. The molecular weight excluding hydrogens is 547 g/mol. The second-order valence-electron chi connectivity index (χ2n) is 9.98. The number of rotatable bonds is 2. The molecule has 4 N–H and O–H groups in total. The number of thiophene rings is 1. The summed E-state index contributed by atoms with van der Waals surface area (Å²) >= 11 is 1.18. The van der Waals surface area contributed by atoms with Gasteiger partial charge in [0.25, 0.3) is 5.91 Å². The van der Waals surface area contributed by atoms with E-state index in [1.807, 2.05) is 6.07 Å². The van der Waals surface area contributed by atoms with Crippen LogP contribution in [0.2, 0.25) is 0 Å². The van der Waals surface area contributed by atoms with Crippen LogP contribution in [0.1, 0.15) is 22.5 Å². The monoisotopic (exact) mass is 578 g/mol. The largest absolute Gasteiger partial charge is 0.491 e. The number of para-hydroxylation sites is 1. The molecule has 0 unspecified atom stereocenters. The third-order valence-electron chi connectivity index (χ3n) is 6.86. The van der Waals surface area contributed by atoms with E-state index in [1.165, 1.54) is 23.5 Å². The van der Waals surface area contributed by atoms with Crippen molar-refractivity contribution in [1.82, 2.24) is 10.2 Å². The maximum Gasteiger partial charge on any atom is 0.262 e. The fraction of sp³-hybridized carbons (Fsp3) is 0.300. The number of benzene rings is 2. The van der Waals surface area contributed by atoms with Crippen LogP contribution < -0.4 is 21.1 Å². The zero-order valence-electron chi connectivity index (χ0n) is 22.3. The van der Waals surface area contributed by atoms with Gasteiger partial charge >= 0.3 is 0 Å². The van der Waals surface area contributed by atoms with Gasteiger partial charge in [-0.3, -0.25) is 14.4 Å². The molecule has 0 spiro atoms. The van der Waals surface area contributed by atoms with Gasteiger partial charge in [0.05, 0.1) is 24.1 Å². The Morgan fingerprint density at radius 3 is 2.73 bits per heavy atom. The van der Waals surface area contributed by atoms with E-state index in [-0.39, 0.29) is 44.2 Å². The Balaban J connectivity index is 1.40. The van der Waals surface area contributed by atoms with Crippen LogP contribution in [0.15, 0.2) is 72.1 Å². The Hall–Kier alpha value is -4.06. The van der Waals surface area contributed by atoms with E-state index in [0.29, 0.717) is 40.4 Å². The second kappa shape index (κ2) is 13.1. The third-order valence-corrected chi connectivity index (χ3v) is 7.79. The van der Waals surface area contributed by atoms with Gasteiger partial charge in [-0.1, -0.05) is 30.4 Å². The SMILES string of the molecule is N[C@H]1C[C@H]2COc3cc(F)cc(c3)-c3csc(c3)C(=O)N[C@H](C(=O)Nc3ccccc3)COC/C=C\CC(=O)N2C1. The minimum Gasteiger partial charge on any atom is -0.491 e. The van der Waals surface area contributed by atoms with Crippen LogP contribution in [0, 0.1) is 5.82 Å². The van der Waals surface area contributed by atoms with Gasteiger partial charge in [-0.15, -0.1) is 11.3 Å². The number of anilines is 1. The predicted octanol–water partition coefficient (Wildman–Crippen LogP) is 3.57. The first-order valence-electron chi connectivity index (χ1n) is 13.3. The highest BCUT2D eigenvalue weighted by atomic mass is 32.1.